The van der Waals surface area contributed by atoms with Crippen LogP contribution in [0.5, 0.6) is 0 Å². The minimum absolute atomic E-state index is 0.343. The predicted molar refractivity (Wildman–Crippen MR) is 93.1 cm³/mol. The van der Waals surface area contributed by atoms with E-state index in [1.807, 2.05) is 54.6 Å². The Kier molecular flexibility index (Phi) is 3.77. The van der Waals surface area contributed by atoms with Crippen LogP contribution in [-0.4, -0.2) is 25.2 Å². The number of pyridine rings is 1. The summed E-state index contributed by atoms with van der Waals surface area (Å²) in [5, 5.41) is 25.6. The molecule has 0 aliphatic rings. The standard InChI is InChI=1S/C18H13N7/c19-10-15-16(11-25-21-12-20-24-25)14-8-4-5-9-17(14)23-18(15)22-13-6-2-1-3-7-13/h1-9,12H,11H2,(H,22,23). The average molecular weight is 327 g/mol. The second kappa shape index (κ2) is 6.37. The summed E-state index contributed by atoms with van der Waals surface area (Å²) in [6.07, 6.45) is 1.37. The van der Waals surface area contributed by atoms with Crippen molar-refractivity contribution in [2.45, 2.75) is 6.54 Å². The first-order valence-corrected chi connectivity index (χ1v) is 7.70. The van der Waals surface area contributed by atoms with Crippen molar-refractivity contribution < 1.29 is 0 Å². The highest BCUT2D eigenvalue weighted by Crippen LogP contribution is 2.28. The van der Waals surface area contributed by atoms with Crippen molar-refractivity contribution in [2.24, 2.45) is 0 Å². The number of aromatic nitrogens is 5. The molecule has 0 saturated heterocycles. The van der Waals surface area contributed by atoms with E-state index in [-0.39, 0.29) is 0 Å². The van der Waals surface area contributed by atoms with Crippen LogP contribution in [-0.2, 0) is 6.54 Å². The molecule has 0 amide bonds. The summed E-state index contributed by atoms with van der Waals surface area (Å²) < 4.78 is 0. The molecule has 25 heavy (non-hydrogen) atoms. The van der Waals surface area contributed by atoms with Gasteiger partial charge in [0, 0.05) is 16.6 Å². The van der Waals surface area contributed by atoms with Crippen LogP contribution >= 0.6 is 0 Å². The number of tetrazole rings is 1. The fraction of sp³-hybridized carbons (Fsp3) is 0.0556. The van der Waals surface area contributed by atoms with E-state index in [0.29, 0.717) is 17.9 Å². The third-order valence-corrected chi connectivity index (χ3v) is 3.84. The first-order chi connectivity index (χ1) is 12.3. The van der Waals surface area contributed by atoms with Crippen molar-refractivity contribution in [3.05, 3.63) is 72.1 Å². The van der Waals surface area contributed by atoms with Crippen molar-refractivity contribution in [1.29, 1.82) is 5.26 Å². The zero-order chi connectivity index (χ0) is 17.1. The number of hydrogen-bond acceptors (Lipinski definition) is 6. The van der Waals surface area contributed by atoms with Gasteiger partial charge in [-0.15, -0.1) is 10.2 Å². The van der Waals surface area contributed by atoms with E-state index in [9.17, 15) is 5.26 Å². The molecule has 0 radical (unpaired) electrons. The fourth-order valence-electron chi connectivity index (χ4n) is 2.72. The summed E-state index contributed by atoms with van der Waals surface area (Å²) in [5.74, 6) is 0.516. The maximum absolute atomic E-state index is 9.77. The SMILES string of the molecule is N#Cc1c(Nc2ccccc2)nc2ccccc2c1Cn1ncnn1. The molecule has 2 heterocycles. The Bertz CT molecular complexity index is 1050. The van der Waals surface area contributed by atoms with E-state index in [4.69, 9.17) is 0 Å². The summed E-state index contributed by atoms with van der Waals surface area (Å²) in [4.78, 5) is 6.09. The minimum Gasteiger partial charge on any atom is -0.339 e. The summed E-state index contributed by atoms with van der Waals surface area (Å²) in [7, 11) is 0. The number of nitriles is 1. The summed E-state index contributed by atoms with van der Waals surface area (Å²) >= 11 is 0. The van der Waals surface area contributed by atoms with E-state index in [1.165, 1.54) is 11.1 Å². The van der Waals surface area contributed by atoms with Gasteiger partial charge in [0.15, 0.2) is 6.33 Å². The Hall–Kier alpha value is -3.79. The van der Waals surface area contributed by atoms with Crippen LogP contribution in [0.2, 0.25) is 0 Å². The molecule has 2 aromatic heterocycles. The van der Waals surface area contributed by atoms with Gasteiger partial charge >= 0.3 is 0 Å². The monoisotopic (exact) mass is 327 g/mol. The second-order valence-corrected chi connectivity index (χ2v) is 5.40. The lowest BCUT2D eigenvalue weighted by molar-refractivity contribution is 0.574. The number of anilines is 2. The molecule has 0 atom stereocenters. The highest BCUT2D eigenvalue weighted by molar-refractivity contribution is 5.88. The van der Waals surface area contributed by atoms with Gasteiger partial charge in [-0.1, -0.05) is 36.4 Å². The molecule has 0 aliphatic carbocycles. The molecule has 0 bridgehead atoms. The number of nitrogens with one attached hydrogen (secondary N) is 1. The van der Waals surface area contributed by atoms with Crippen LogP contribution in [0.1, 0.15) is 11.1 Å². The van der Waals surface area contributed by atoms with E-state index < -0.39 is 0 Å². The average Bonchev–Trinajstić information content (AvgIpc) is 3.16. The Morgan fingerprint density at radius 3 is 2.60 bits per heavy atom. The van der Waals surface area contributed by atoms with Gasteiger partial charge in [0.1, 0.15) is 17.5 Å². The van der Waals surface area contributed by atoms with Gasteiger partial charge in [-0.25, -0.2) is 4.98 Å². The van der Waals surface area contributed by atoms with Gasteiger partial charge in [0.2, 0.25) is 0 Å². The maximum atomic E-state index is 9.77. The Morgan fingerprint density at radius 1 is 1.04 bits per heavy atom. The normalized spacial score (nSPS) is 10.5. The topological polar surface area (TPSA) is 92.3 Å². The predicted octanol–water partition coefficient (Wildman–Crippen LogP) is 2.88. The number of benzene rings is 2. The first kappa shape index (κ1) is 14.8. The minimum atomic E-state index is 0.343. The van der Waals surface area contributed by atoms with Crippen LogP contribution in [0.15, 0.2) is 60.9 Å². The third-order valence-electron chi connectivity index (χ3n) is 3.84. The highest BCUT2D eigenvalue weighted by atomic mass is 15.6. The number of nitrogens with zero attached hydrogens (tertiary/aromatic N) is 6. The molecule has 1 N–H and O–H groups in total. The van der Waals surface area contributed by atoms with Gasteiger partial charge in [0.25, 0.3) is 0 Å². The second-order valence-electron chi connectivity index (χ2n) is 5.40. The molecule has 7 heteroatoms. The van der Waals surface area contributed by atoms with Crippen LogP contribution < -0.4 is 5.32 Å². The molecule has 0 fully saturated rings. The van der Waals surface area contributed by atoms with Gasteiger partial charge in [-0.2, -0.15) is 10.1 Å². The number of rotatable bonds is 4. The van der Waals surface area contributed by atoms with Gasteiger partial charge in [-0.3, -0.25) is 0 Å². The molecule has 0 saturated carbocycles. The molecular weight excluding hydrogens is 314 g/mol. The van der Waals surface area contributed by atoms with Crippen LogP contribution in [0.3, 0.4) is 0 Å². The zero-order valence-corrected chi connectivity index (χ0v) is 13.2. The highest BCUT2D eigenvalue weighted by Gasteiger charge is 2.16. The fourth-order valence-corrected chi connectivity index (χ4v) is 2.72. The molecule has 0 spiro atoms. The zero-order valence-electron chi connectivity index (χ0n) is 13.2. The quantitative estimate of drug-likeness (QED) is 0.619. The van der Waals surface area contributed by atoms with Gasteiger partial charge < -0.3 is 5.32 Å². The van der Waals surface area contributed by atoms with E-state index in [0.717, 1.165) is 22.2 Å². The molecule has 0 unspecified atom stereocenters. The van der Waals surface area contributed by atoms with Crippen molar-refractivity contribution in [2.75, 3.05) is 5.32 Å². The lowest BCUT2D eigenvalue weighted by Crippen LogP contribution is -2.09. The molecule has 7 nitrogen and oxygen atoms in total. The Morgan fingerprint density at radius 2 is 1.84 bits per heavy atom. The maximum Gasteiger partial charge on any atom is 0.162 e. The largest absolute Gasteiger partial charge is 0.339 e. The van der Waals surface area contributed by atoms with E-state index >= 15 is 0 Å². The van der Waals surface area contributed by atoms with Gasteiger partial charge in [0.05, 0.1) is 12.1 Å². The molecule has 4 rings (SSSR count). The van der Waals surface area contributed by atoms with Crippen LogP contribution in [0, 0.1) is 11.3 Å². The van der Waals surface area contributed by atoms with E-state index in [1.54, 1.807) is 0 Å². The molecule has 120 valence electrons. The van der Waals surface area contributed by atoms with Crippen molar-refractivity contribution in [1.82, 2.24) is 25.2 Å². The van der Waals surface area contributed by atoms with E-state index in [2.05, 4.69) is 31.8 Å². The van der Waals surface area contributed by atoms with Crippen molar-refractivity contribution in [3.8, 4) is 6.07 Å². The molecular formula is C18H13N7. The summed E-state index contributed by atoms with van der Waals surface area (Å²) in [6, 6.07) is 19.6. The molecule has 4 aromatic rings. The first-order valence-electron chi connectivity index (χ1n) is 7.70. The van der Waals surface area contributed by atoms with Crippen LogP contribution in [0.4, 0.5) is 11.5 Å². The third kappa shape index (κ3) is 2.88. The van der Waals surface area contributed by atoms with Crippen molar-refractivity contribution >= 4 is 22.4 Å². The van der Waals surface area contributed by atoms with Crippen molar-refractivity contribution in [3.63, 3.8) is 0 Å². The van der Waals surface area contributed by atoms with Gasteiger partial charge in [-0.05, 0) is 23.4 Å². The lowest BCUT2D eigenvalue weighted by Gasteiger charge is -2.13. The van der Waals surface area contributed by atoms with Crippen LogP contribution in [0.25, 0.3) is 10.9 Å². The molecule has 2 aromatic carbocycles. The molecule has 0 aliphatic heterocycles. The number of para-hydroxylation sites is 2. The smallest absolute Gasteiger partial charge is 0.162 e. The number of fused-ring (bicyclic) bond motifs is 1. The number of hydrogen-bond donors (Lipinski definition) is 1. The summed E-state index contributed by atoms with van der Waals surface area (Å²) in [6.45, 7) is 0.343. The Balaban J connectivity index is 1.89. The summed E-state index contributed by atoms with van der Waals surface area (Å²) in [5.41, 5.74) is 2.95. The Labute approximate surface area is 143 Å². The lowest BCUT2D eigenvalue weighted by atomic mass is 10.0.